The van der Waals surface area contributed by atoms with E-state index in [0.29, 0.717) is 5.56 Å². The summed E-state index contributed by atoms with van der Waals surface area (Å²) in [5.41, 5.74) is 1.77. The number of nitrogens with one attached hydrogen (secondary N) is 1. The summed E-state index contributed by atoms with van der Waals surface area (Å²) >= 11 is 0. The monoisotopic (exact) mass is 301 g/mol. The number of amides is 1. The summed E-state index contributed by atoms with van der Waals surface area (Å²) in [5.74, 6) is 0.666. The second-order valence-electron chi connectivity index (χ2n) is 5.57. The quantitative estimate of drug-likeness (QED) is 0.884. The summed E-state index contributed by atoms with van der Waals surface area (Å²) < 4.78 is 1.79. The maximum Gasteiger partial charge on any atom is 0.251 e. The molecule has 0 saturated heterocycles. The van der Waals surface area contributed by atoms with E-state index < -0.39 is 0 Å². The molecule has 1 amide bonds. The highest BCUT2D eigenvalue weighted by molar-refractivity contribution is 5.94. The van der Waals surface area contributed by atoms with Gasteiger partial charge in [0.05, 0.1) is 6.04 Å². The molecular weight excluding hydrogens is 278 g/mol. The van der Waals surface area contributed by atoms with E-state index in [1.165, 1.54) is 6.33 Å². The summed E-state index contributed by atoms with van der Waals surface area (Å²) in [6, 6.07) is 7.49. The summed E-state index contributed by atoms with van der Waals surface area (Å²) in [4.78, 5) is 18.7. The Labute approximate surface area is 131 Å². The van der Waals surface area contributed by atoms with Crippen molar-refractivity contribution in [3.8, 4) is 0 Å². The van der Waals surface area contributed by atoms with E-state index in [1.807, 2.05) is 52.2 Å². The van der Waals surface area contributed by atoms with Crippen LogP contribution in [-0.2, 0) is 13.1 Å². The molecule has 118 valence electrons. The van der Waals surface area contributed by atoms with Crippen molar-refractivity contribution in [1.29, 1.82) is 0 Å². The Bertz CT molecular complexity index is 635. The van der Waals surface area contributed by atoms with Crippen molar-refractivity contribution in [2.24, 2.45) is 0 Å². The summed E-state index contributed by atoms with van der Waals surface area (Å²) in [6.45, 7) is 5.45. The average Bonchev–Trinajstić information content (AvgIpc) is 2.95. The topological polar surface area (TPSA) is 63.1 Å². The molecule has 0 aliphatic heterocycles. The molecule has 0 spiro atoms. The van der Waals surface area contributed by atoms with Gasteiger partial charge >= 0.3 is 0 Å². The zero-order chi connectivity index (χ0) is 16.1. The van der Waals surface area contributed by atoms with Crippen molar-refractivity contribution in [2.75, 3.05) is 14.1 Å². The van der Waals surface area contributed by atoms with E-state index in [0.717, 1.165) is 24.5 Å². The Balaban J connectivity index is 2.08. The molecule has 1 aromatic heterocycles. The molecule has 1 N–H and O–H groups in total. The molecule has 2 rings (SSSR count). The molecule has 6 nitrogen and oxygen atoms in total. The van der Waals surface area contributed by atoms with Gasteiger partial charge in [0.2, 0.25) is 0 Å². The van der Waals surface area contributed by atoms with Crippen LogP contribution in [0, 0.1) is 0 Å². The van der Waals surface area contributed by atoms with Gasteiger partial charge in [-0.3, -0.25) is 4.79 Å². The molecule has 0 fully saturated rings. The van der Waals surface area contributed by atoms with Gasteiger partial charge in [0.25, 0.3) is 5.91 Å². The minimum Gasteiger partial charge on any atom is -0.342 e. The predicted octanol–water partition coefficient (Wildman–Crippen LogP) is 1.85. The Morgan fingerprint density at radius 2 is 2.18 bits per heavy atom. The van der Waals surface area contributed by atoms with E-state index in [9.17, 15) is 4.79 Å². The third kappa shape index (κ3) is 3.92. The van der Waals surface area contributed by atoms with E-state index in [4.69, 9.17) is 0 Å². The molecule has 1 heterocycles. The van der Waals surface area contributed by atoms with Crippen LogP contribution in [0.5, 0.6) is 0 Å². The Morgan fingerprint density at radius 3 is 2.86 bits per heavy atom. The number of carbonyl (C=O) groups is 1. The molecule has 1 aromatic carbocycles. The molecule has 0 bridgehead atoms. The highest BCUT2D eigenvalue weighted by atomic mass is 16.1. The van der Waals surface area contributed by atoms with Crippen LogP contribution in [-0.4, -0.2) is 39.7 Å². The zero-order valence-corrected chi connectivity index (χ0v) is 13.6. The summed E-state index contributed by atoms with van der Waals surface area (Å²) in [6.07, 6.45) is 1.51. The smallest absolute Gasteiger partial charge is 0.251 e. The summed E-state index contributed by atoms with van der Waals surface area (Å²) in [7, 11) is 4.01. The molecule has 0 unspecified atom stereocenters. The SMILES string of the molecule is CCn1ncnc1[C@@H](C)NC(=O)c1cccc(CN(C)C)c1. The molecule has 6 heteroatoms. The van der Waals surface area contributed by atoms with Crippen molar-refractivity contribution in [2.45, 2.75) is 33.0 Å². The molecule has 0 saturated carbocycles. The van der Waals surface area contributed by atoms with Crippen LogP contribution in [0.1, 0.15) is 41.6 Å². The lowest BCUT2D eigenvalue weighted by atomic mass is 10.1. The van der Waals surface area contributed by atoms with Crippen LogP contribution in [0.4, 0.5) is 0 Å². The Kier molecular flexibility index (Phi) is 5.27. The number of hydrogen-bond acceptors (Lipinski definition) is 4. The van der Waals surface area contributed by atoms with Crippen LogP contribution in [0.2, 0.25) is 0 Å². The highest BCUT2D eigenvalue weighted by Crippen LogP contribution is 2.12. The second kappa shape index (κ2) is 7.17. The van der Waals surface area contributed by atoms with E-state index in [1.54, 1.807) is 4.68 Å². The average molecular weight is 301 g/mol. The van der Waals surface area contributed by atoms with E-state index in [2.05, 4.69) is 20.3 Å². The third-order valence-corrected chi connectivity index (χ3v) is 3.37. The molecule has 1 atom stereocenters. The van der Waals surface area contributed by atoms with Crippen LogP contribution < -0.4 is 5.32 Å². The van der Waals surface area contributed by atoms with Gasteiger partial charge in [0.1, 0.15) is 12.2 Å². The fraction of sp³-hybridized carbons (Fsp3) is 0.438. The number of rotatable bonds is 6. The van der Waals surface area contributed by atoms with Crippen molar-refractivity contribution in [1.82, 2.24) is 25.0 Å². The number of aromatic nitrogens is 3. The molecule has 0 aliphatic carbocycles. The van der Waals surface area contributed by atoms with Gasteiger partial charge in [-0.2, -0.15) is 5.10 Å². The molecule has 0 radical (unpaired) electrons. The van der Waals surface area contributed by atoms with Gasteiger partial charge in [0, 0.05) is 18.7 Å². The van der Waals surface area contributed by atoms with E-state index >= 15 is 0 Å². The lowest BCUT2D eigenvalue weighted by Gasteiger charge is -2.15. The van der Waals surface area contributed by atoms with Crippen molar-refractivity contribution < 1.29 is 4.79 Å². The van der Waals surface area contributed by atoms with Crippen molar-refractivity contribution >= 4 is 5.91 Å². The number of hydrogen-bond donors (Lipinski definition) is 1. The lowest BCUT2D eigenvalue weighted by Crippen LogP contribution is -2.29. The zero-order valence-electron chi connectivity index (χ0n) is 13.6. The first-order chi connectivity index (χ1) is 10.5. The maximum atomic E-state index is 12.4. The lowest BCUT2D eigenvalue weighted by molar-refractivity contribution is 0.0937. The predicted molar refractivity (Wildman–Crippen MR) is 85.4 cm³/mol. The molecule has 0 aliphatic rings. The first-order valence-corrected chi connectivity index (χ1v) is 7.43. The van der Waals surface area contributed by atoms with Crippen molar-refractivity contribution in [3.63, 3.8) is 0 Å². The first kappa shape index (κ1) is 16.2. The van der Waals surface area contributed by atoms with Crippen LogP contribution in [0.25, 0.3) is 0 Å². The molecule has 2 aromatic rings. The Hall–Kier alpha value is -2.21. The van der Waals surface area contributed by atoms with Crippen LogP contribution in [0.3, 0.4) is 0 Å². The van der Waals surface area contributed by atoms with E-state index in [-0.39, 0.29) is 11.9 Å². The fourth-order valence-electron chi connectivity index (χ4n) is 2.37. The highest BCUT2D eigenvalue weighted by Gasteiger charge is 2.16. The van der Waals surface area contributed by atoms with Crippen LogP contribution >= 0.6 is 0 Å². The first-order valence-electron chi connectivity index (χ1n) is 7.43. The van der Waals surface area contributed by atoms with Crippen LogP contribution in [0.15, 0.2) is 30.6 Å². The van der Waals surface area contributed by atoms with Gasteiger partial charge < -0.3 is 10.2 Å². The fourth-order valence-corrected chi connectivity index (χ4v) is 2.37. The van der Waals surface area contributed by atoms with Gasteiger partial charge in [-0.05, 0) is 45.6 Å². The summed E-state index contributed by atoms with van der Waals surface area (Å²) in [5, 5.41) is 7.11. The molecule has 22 heavy (non-hydrogen) atoms. The maximum absolute atomic E-state index is 12.4. The normalized spacial score (nSPS) is 12.4. The van der Waals surface area contributed by atoms with Crippen molar-refractivity contribution in [3.05, 3.63) is 47.5 Å². The number of aryl methyl sites for hydroxylation is 1. The Morgan fingerprint density at radius 1 is 1.41 bits per heavy atom. The van der Waals surface area contributed by atoms with Gasteiger partial charge in [-0.25, -0.2) is 9.67 Å². The van der Waals surface area contributed by atoms with Gasteiger partial charge in [-0.1, -0.05) is 12.1 Å². The standard InChI is InChI=1S/C16H23N5O/c1-5-21-15(17-11-18-21)12(2)19-16(22)14-8-6-7-13(9-14)10-20(3)4/h6-9,11-12H,5,10H2,1-4H3,(H,19,22)/t12-/m1/s1. The largest absolute Gasteiger partial charge is 0.342 e. The minimum atomic E-state index is -0.188. The second-order valence-corrected chi connectivity index (χ2v) is 5.57. The number of nitrogens with zero attached hydrogens (tertiary/aromatic N) is 4. The number of benzene rings is 1. The molecular formula is C16H23N5O. The number of carbonyl (C=O) groups excluding carboxylic acids is 1. The van der Waals surface area contributed by atoms with Gasteiger partial charge in [0.15, 0.2) is 0 Å². The minimum absolute atomic E-state index is 0.0984. The van der Waals surface area contributed by atoms with Gasteiger partial charge in [-0.15, -0.1) is 0 Å². The third-order valence-electron chi connectivity index (χ3n) is 3.37.